The summed E-state index contributed by atoms with van der Waals surface area (Å²) in [4.78, 5) is 12.2. The minimum absolute atomic E-state index is 0.237. The normalized spacial score (nSPS) is 10.7. The van der Waals surface area contributed by atoms with Crippen LogP contribution in [0.15, 0.2) is 54.6 Å². The van der Waals surface area contributed by atoms with Crippen molar-refractivity contribution in [1.29, 1.82) is 0 Å². The summed E-state index contributed by atoms with van der Waals surface area (Å²) < 4.78 is 14.2. The number of hydrogen-bond acceptors (Lipinski definition) is 2. The lowest BCUT2D eigenvalue weighted by Gasteiger charge is -2.08. The molecule has 0 aliphatic carbocycles. The Balaban J connectivity index is 2.01. The second-order valence-electron chi connectivity index (χ2n) is 4.34. The molecule has 0 saturated heterocycles. The van der Waals surface area contributed by atoms with Crippen molar-refractivity contribution in [2.75, 3.05) is 5.32 Å². The zero-order chi connectivity index (χ0) is 14.1. The van der Waals surface area contributed by atoms with Crippen LogP contribution in [0.4, 0.5) is 14.9 Å². The van der Waals surface area contributed by atoms with Gasteiger partial charge in [0.15, 0.2) is 5.88 Å². The molecule has 0 bridgehead atoms. The van der Waals surface area contributed by atoms with Gasteiger partial charge in [0.05, 0.1) is 5.52 Å². The number of fused-ring (bicyclic) bond motifs is 1. The number of amides is 1. The molecular weight excluding hydrogens is 259 g/mol. The number of anilines is 1. The van der Waals surface area contributed by atoms with Crippen LogP contribution in [0.3, 0.4) is 0 Å². The molecule has 3 aromatic rings. The van der Waals surface area contributed by atoms with Gasteiger partial charge in [-0.15, -0.1) is 0 Å². The van der Waals surface area contributed by atoms with Gasteiger partial charge in [0.25, 0.3) is 0 Å². The van der Waals surface area contributed by atoms with E-state index in [1.165, 1.54) is 24.3 Å². The Morgan fingerprint density at radius 2 is 1.85 bits per heavy atom. The fraction of sp³-hybridized carbons (Fsp3) is 0. The molecule has 0 aliphatic rings. The van der Waals surface area contributed by atoms with E-state index in [-0.39, 0.29) is 5.88 Å². The minimum atomic E-state index is -0.504. The molecule has 0 atom stereocenters. The summed E-state index contributed by atoms with van der Waals surface area (Å²) in [5, 5.41) is 13.0. The number of hydrogen-bond donors (Lipinski definition) is 2. The van der Waals surface area contributed by atoms with Crippen molar-refractivity contribution < 1.29 is 14.3 Å². The number of aromatic hydroxyl groups is 1. The molecule has 5 heteroatoms. The van der Waals surface area contributed by atoms with Crippen LogP contribution in [-0.4, -0.2) is 15.7 Å². The molecule has 2 N–H and O–H groups in total. The third kappa shape index (κ3) is 2.09. The van der Waals surface area contributed by atoms with Crippen LogP contribution in [0.2, 0.25) is 0 Å². The fourth-order valence-corrected chi connectivity index (χ4v) is 2.09. The highest BCUT2D eigenvalue weighted by atomic mass is 19.1. The SMILES string of the molecule is O=C(Nc1ccccc1)n1c(O)cc2cc(F)ccc21. The van der Waals surface area contributed by atoms with E-state index in [0.717, 1.165) is 4.57 Å². The van der Waals surface area contributed by atoms with E-state index in [1.54, 1.807) is 24.3 Å². The molecule has 1 heterocycles. The molecule has 0 radical (unpaired) electrons. The summed E-state index contributed by atoms with van der Waals surface area (Å²) >= 11 is 0. The average molecular weight is 270 g/mol. The van der Waals surface area contributed by atoms with Crippen LogP contribution in [0.1, 0.15) is 0 Å². The van der Waals surface area contributed by atoms with E-state index in [9.17, 15) is 14.3 Å². The van der Waals surface area contributed by atoms with Crippen molar-refractivity contribution in [1.82, 2.24) is 4.57 Å². The number of benzene rings is 2. The van der Waals surface area contributed by atoms with E-state index < -0.39 is 11.8 Å². The summed E-state index contributed by atoms with van der Waals surface area (Å²) in [6, 6.07) is 13.7. The highest BCUT2D eigenvalue weighted by Gasteiger charge is 2.15. The largest absolute Gasteiger partial charge is 0.494 e. The highest BCUT2D eigenvalue weighted by molar-refractivity contribution is 6.00. The van der Waals surface area contributed by atoms with E-state index in [0.29, 0.717) is 16.6 Å². The second kappa shape index (κ2) is 4.70. The minimum Gasteiger partial charge on any atom is -0.494 e. The van der Waals surface area contributed by atoms with Gasteiger partial charge in [-0.2, -0.15) is 0 Å². The molecule has 2 aromatic carbocycles. The number of rotatable bonds is 1. The smallest absolute Gasteiger partial charge is 0.333 e. The van der Waals surface area contributed by atoms with Crippen LogP contribution in [-0.2, 0) is 0 Å². The number of halogens is 1. The lowest BCUT2D eigenvalue weighted by atomic mass is 10.2. The Labute approximate surface area is 114 Å². The Morgan fingerprint density at radius 1 is 1.10 bits per heavy atom. The van der Waals surface area contributed by atoms with Gasteiger partial charge >= 0.3 is 6.03 Å². The number of carbonyl (C=O) groups excluding carboxylic acids is 1. The number of para-hydroxylation sites is 1. The standard InChI is InChI=1S/C15H11FN2O2/c16-11-6-7-13-10(8-11)9-14(19)18(13)15(20)17-12-4-2-1-3-5-12/h1-9,19H,(H,17,20). The van der Waals surface area contributed by atoms with Crippen LogP contribution in [0, 0.1) is 5.82 Å². The lowest BCUT2D eigenvalue weighted by Crippen LogP contribution is -2.18. The van der Waals surface area contributed by atoms with Gasteiger partial charge < -0.3 is 10.4 Å². The molecule has 3 rings (SSSR count). The first-order valence-corrected chi connectivity index (χ1v) is 6.01. The third-order valence-electron chi connectivity index (χ3n) is 2.97. The molecule has 0 saturated carbocycles. The van der Waals surface area contributed by atoms with Gasteiger partial charge in [-0.3, -0.25) is 0 Å². The quantitative estimate of drug-likeness (QED) is 0.710. The van der Waals surface area contributed by atoms with Gasteiger partial charge in [0.1, 0.15) is 5.82 Å². The van der Waals surface area contributed by atoms with Crippen molar-refractivity contribution in [3.05, 3.63) is 60.4 Å². The third-order valence-corrected chi connectivity index (χ3v) is 2.97. The Kier molecular flexibility index (Phi) is 2.87. The maximum atomic E-state index is 13.1. The molecule has 0 spiro atoms. The van der Waals surface area contributed by atoms with Gasteiger partial charge in [0.2, 0.25) is 0 Å². The van der Waals surface area contributed by atoms with Crippen molar-refractivity contribution in [3.63, 3.8) is 0 Å². The van der Waals surface area contributed by atoms with E-state index >= 15 is 0 Å². The summed E-state index contributed by atoms with van der Waals surface area (Å²) in [7, 11) is 0. The van der Waals surface area contributed by atoms with Gasteiger partial charge in [-0.25, -0.2) is 13.8 Å². The van der Waals surface area contributed by atoms with Crippen molar-refractivity contribution in [2.45, 2.75) is 0 Å². The van der Waals surface area contributed by atoms with Crippen LogP contribution in [0.5, 0.6) is 5.88 Å². The van der Waals surface area contributed by atoms with Gasteiger partial charge in [-0.05, 0) is 30.3 Å². The molecule has 0 aliphatic heterocycles. The van der Waals surface area contributed by atoms with Crippen LogP contribution < -0.4 is 5.32 Å². The molecule has 1 amide bonds. The number of carbonyl (C=O) groups is 1. The molecule has 20 heavy (non-hydrogen) atoms. The highest BCUT2D eigenvalue weighted by Crippen LogP contribution is 2.25. The number of aromatic nitrogens is 1. The van der Waals surface area contributed by atoms with E-state index in [2.05, 4.69) is 5.32 Å². The predicted octanol–water partition coefficient (Wildman–Crippen LogP) is 3.57. The molecule has 1 aromatic heterocycles. The monoisotopic (exact) mass is 270 g/mol. The molecule has 100 valence electrons. The first-order chi connectivity index (χ1) is 9.65. The van der Waals surface area contributed by atoms with Crippen LogP contribution in [0.25, 0.3) is 10.9 Å². The number of nitrogens with zero attached hydrogens (tertiary/aromatic N) is 1. The predicted molar refractivity (Wildman–Crippen MR) is 74.4 cm³/mol. The summed E-state index contributed by atoms with van der Waals surface area (Å²) in [6.45, 7) is 0. The molecule has 0 fully saturated rings. The first-order valence-electron chi connectivity index (χ1n) is 6.01. The van der Waals surface area contributed by atoms with Crippen LogP contribution >= 0.6 is 0 Å². The topological polar surface area (TPSA) is 54.3 Å². The zero-order valence-corrected chi connectivity index (χ0v) is 10.4. The van der Waals surface area contributed by atoms with Crippen molar-refractivity contribution >= 4 is 22.6 Å². The van der Waals surface area contributed by atoms with E-state index in [4.69, 9.17) is 0 Å². The molecule has 4 nitrogen and oxygen atoms in total. The Morgan fingerprint density at radius 3 is 2.60 bits per heavy atom. The molecular formula is C15H11FN2O2. The van der Waals surface area contributed by atoms with Gasteiger partial charge in [0, 0.05) is 17.1 Å². The maximum absolute atomic E-state index is 13.1. The molecule has 0 unspecified atom stereocenters. The summed E-state index contributed by atoms with van der Waals surface area (Å²) in [5.74, 6) is -0.655. The fourth-order valence-electron chi connectivity index (χ4n) is 2.09. The first kappa shape index (κ1) is 12.2. The second-order valence-corrected chi connectivity index (χ2v) is 4.34. The van der Waals surface area contributed by atoms with Crippen molar-refractivity contribution in [3.8, 4) is 5.88 Å². The Hall–Kier alpha value is -2.82. The van der Waals surface area contributed by atoms with Crippen molar-refractivity contribution in [2.24, 2.45) is 0 Å². The summed E-state index contributed by atoms with van der Waals surface area (Å²) in [6.07, 6.45) is 0. The van der Waals surface area contributed by atoms with Gasteiger partial charge in [-0.1, -0.05) is 18.2 Å². The van der Waals surface area contributed by atoms with E-state index in [1.807, 2.05) is 6.07 Å². The summed E-state index contributed by atoms with van der Waals surface area (Å²) in [5.41, 5.74) is 1.05. The Bertz CT molecular complexity index is 781. The lowest BCUT2D eigenvalue weighted by molar-refractivity contribution is 0.251. The maximum Gasteiger partial charge on any atom is 0.333 e. The zero-order valence-electron chi connectivity index (χ0n) is 10.4. The average Bonchev–Trinajstić information content (AvgIpc) is 2.74. The number of nitrogens with one attached hydrogen (secondary N) is 1.